The van der Waals surface area contributed by atoms with Gasteiger partial charge >= 0.3 is 5.95 Å². The monoisotopic (exact) mass is 128 g/mol. The molecule has 0 unspecified atom stereocenters. The van der Waals surface area contributed by atoms with E-state index in [9.17, 15) is 10.1 Å². The minimum Gasteiger partial charge on any atom is -0.390 e. The van der Waals surface area contributed by atoms with Crippen LogP contribution in [0, 0.1) is 10.1 Å². The maximum Gasteiger partial charge on any atom is 0.434 e. The number of imidazole rings is 1. The van der Waals surface area contributed by atoms with Crippen molar-refractivity contribution in [2.45, 2.75) is 0 Å². The van der Waals surface area contributed by atoms with Gasteiger partial charge in [-0.25, -0.2) is 4.57 Å². The molecule has 0 saturated heterocycles. The molecule has 0 spiro atoms. The molecule has 0 aliphatic carbocycles. The number of nitrogens with zero attached hydrogens (tertiary/aromatic N) is 3. The molecule has 0 amide bonds. The molecular weight excluding hydrogens is 122 g/mol. The number of aryl methyl sites for hydroxylation is 1. The summed E-state index contributed by atoms with van der Waals surface area (Å²) in [6, 6.07) is 0. The van der Waals surface area contributed by atoms with Crippen LogP contribution >= 0.6 is 0 Å². The molecular formula is C4H5N3O2. The number of aromatic nitrogens is 2. The predicted molar refractivity (Wildman–Crippen MR) is 29.9 cm³/mol. The minimum atomic E-state index is -0.617. The van der Waals surface area contributed by atoms with E-state index in [4.69, 9.17) is 1.37 Å². The lowest BCUT2D eigenvalue weighted by Gasteiger charge is -1.90. The molecule has 1 heterocycles. The third kappa shape index (κ3) is 0.883. The number of rotatable bonds is 1. The lowest BCUT2D eigenvalue weighted by Crippen LogP contribution is -1.96. The molecule has 1 aromatic rings. The summed E-state index contributed by atoms with van der Waals surface area (Å²) in [5, 5.41) is 10.1. The van der Waals surface area contributed by atoms with E-state index >= 15 is 0 Å². The van der Waals surface area contributed by atoms with Crippen LogP contribution in [0.2, 0.25) is 0 Å². The molecule has 48 valence electrons. The SMILES string of the molecule is [2H]Cn1ccnc1[N+](=O)[O-]. The maximum absolute atomic E-state index is 10.1. The van der Waals surface area contributed by atoms with E-state index in [-0.39, 0.29) is 13.0 Å². The highest BCUT2D eigenvalue weighted by molar-refractivity contribution is 5.04. The molecule has 1 rings (SSSR count). The number of hydrogen-bond acceptors (Lipinski definition) is 3. The van der Waals surface area contributed by atoms with Crippen molar-refractivity contribution in [1.82, 2.24) is 9.55 Å². The van der Waals surface area contributed by atoms with Gasteiger partial charge in [0.25, 0.3) is 0 Å². The van der Waals surface area contributed by atoms with Crippen molar-refractivity contribution < 1.29 is 6.29 Å². The Morgan fingerprint density at radius 1 is 2.11 bits per heavy atom. The van der Waals surface area contributed by atoms with Crippen LogP contribution in [0.4, 0.5) is 5.95 Å². The Kier molecular flexibility index (Phi) is 0.921. The van der Waals surface area contributed by atoms with E-state index in [1.54, 1.807) is 0 Å². The first-order chi connectivity index (χ1) is 4.75. The van der Waals surface area contributed by atoms with Crippen molar-refractivity contribution in [3.8, 4) is 0 Å². The lowest BCUT2D eigenvalue weighted by molar-refractivity contribution is -0.396. The normalized spacial score (nSPS) is 10.9. The smallest absolute Gasteiger partial charge is 0.390 e. The second kappa shape index (κ2) is 1.85. The van der Waals surface area contributed by atoms with Crippen LogP contribution in [-0.2, 0) is 7.02 Å². The Labute approximate surface area is 52.5 Å². The quantitative estimate of drug-likeness (QED) is 0.404. The molecule has 0 aromatic carbocycles. The van der Waals surface area contributed by atoms with E-state index in [0.717, 1.165) is 4.57 Å². The molecule has 0 atom stereocenters. The highest BCUT2D eigenvalue weighted by Gasteiger charge is 2.07. The fourth-order valence-corrected chi connectivity index (χ4v) is 0.473. The van der Waals surface area contributed by atoms with Gasteiger partial charge in [-0.1, -0.05) is 4.98 Å². The Hall–Kier alpha value is -1.39. The fraction of sp³-hybridized carbons (Fsp3) is 0.250. The standard InChI is InChI=1S/C4H5N3O2/c1-6-3-2-5-4(6)7(8)9/h2-3H,1H3/i1D. The van der Waals surface area contributed by atoms with Crippen molar-refractivity contribution >= 4 is 5.95 Å². The molecule has 9 heavy (non-hydrogen) atoms. The lowest BCUT2D eigenvalue weighted by atomic mass is 10.9. The van der Waals surface area contributed by atoms with E-state index in [1.165, 1.54) is 12.4 Å². The molecule has 0 N–H and O–H groups in total. The van der Waals surface area contributed by atoms with Crippen molar-refractivity contribution in [2.24, 2.45) is 7.02 Å². The van der Waals surface area contributed by atoms with Crippen molar-refractivity contribution in [3.05, 3.63) is 22.5 Å². The van der Waals surface area contributed by atoms with E-state index in [0.29, 0.717) is 0 Å². The van der Waals surface area contributed by atoms with Gasteiger partial charge < -0.3 is 10.1 Å². The van der Waals surface area contributed by atoms with Gasteiger partial charge in [-0.2, -0.15) is 0 Å². The van der Waals surface area contributed by atoms with E-state index in [2.05, 4.69) is 4.98 Å². The molecule has 5 nitrogen and oxygen atoms in total. The van der Waals surface area contributed by atoms with Crippen LogP contribution in [0.3, 0.4) is 0 Å². The average molecular weight is 128 g/mol. The molecule has 0 aliphatic rings. The zero-order chi connectivity index (χ0) is 7.56. The Morgan fingerprint density at radius 3 is 3.33 bits per heavy atom. The third-order valence-corrected chi connectivity index (χ3v) is 0.857. The first-order valence-electron chi connectivity index (χ1n) is 2.91. The summed E-state index contributed by atoms with van der Waals surface area (Å²) in [6.45, 7) is 0. The fourth-order valence-electron chi connectivity index (χ4n) is 0.473. The minimum absolute atomic E-state index is 0.170. The van der Waals surface area contributed by atoms with Crippen molar-refractivity contribution in [3.63, 3.8) is 0 Å². The van der Waals surface area contributed by atoms with Crippen LogP contribution in [0.1, 0.15) is 1.37 Å². The van der Waals surface area contributed by atoms with Gasteiger partial charge in [-0.15, -0.1) is 0 Å². The molecule has 0 saturated carbocycles. The topological polar surface area (TPSA) is 61.0 Å². The summed E-state index contributed by atoms with van der Waals surface area (Å²) in [4.78, 5) is 12.9. The van der Waals surface area contributed by atoms with Crippen LogP contribution in [0.5, 0.6) is 0 Å². The van der Waals surface area contributed by atoms with Crippen molar-refractivity contribution in [1.29, 1.82) is 0 Å². The van der Waals surface area contributed by atoms with Gasteiger partial charge in [-0.05, 0) is 4.92 Å². The van der Waals surface area contributed by atoms with Crippen molar-refractivity contribution in [2.75, 3.05) is 0 Å². The Morgan fingerprint density at radius 2 is 2.89 bits per heavy atom. The summed E-state index contributed by atoms with van der Waals surface area (Å²) in [5.74, 6) is -0.282. The highest BCUT2D eigenvalue weighted by Crippen LogP contribution is 2.02. The van der Waals surface area contributed by atoms with Crippen LogP contribution in [0.25, 0.3) is 0 Å². The highest BCUT2D eigenvalue weighted by atomic mass is 16.6. The molecule has 0 fully saturated rings. The zero-order valence-electron chi connectivity index (χ0n) is 5.52. The number of hydrogen-bond donors (Lipinski definition) is 0. The van der Waals surface area contributed by atoms with Crippen LogP contribution in [0.15, 0.2) is 12.4 Å². The van der Waals surface area contributed by atoms with Gasteiger partial charge in [0, 0.05) is 0 Å². The summed E-state index contributed by atoms with van der Waals surface area (Å²) in [5.41, 5.74) is 0. The van der Waals surface area contributed by atoms with E-state index < -0.39 is 4.92 Å². The van der Waals surface area contributed by atoms with Gasteiger partial charge in [0.2, 0.25) is 0 Å². The first kappa shape index (κ1) is 4.49. The zero-order valence-corrected chi connectivity index (χ0v) is 4.52. The average Bonchev–Trinajstić information content (AvgIpc) is 2.33. The van der Waals surface area contributed by atoms with Gasteiger partial charge in [0.1, 0.15) is 12.4 Å². The molecule has 0 radical (unpaired) electrons. The molecule has 1 aromatic heterocycles. The summed E-state index contributed by atoms with van der Waals surface area (Å²) >= 11 is 0. The molecule has 0 aliphatic heterocycles. The summed E-state index contributed by atoms with van der Waals surface area (Å²) < 4.78 is 7.95. The van der Waals surface area contributed by atoms with Crippen LogP contribution in [-0.4, -0.2) is 14.5 Å². The third-order valence-electron chi connectivity index (χ3n) is 0.857. The summed E-state index contributed by atoms with van der Waals surface area (Å²) in [6.07, 6.45) is 2.69. The second-order valence-electron chi connectivity index (χ2n) is 1.45. The number of nitro groups is 1. The second-order valence-corrected chi connectivity index (χ2v) is 1.45. The molecule has 0 bridgehead atoms. The summed E-state index contributed by atoms with van der Waals surface area (Å²) in [7, 11) is -0.170. The van der Waals surface area contributed by atoms with Gasteiger partial charge in [-0.3, -0.25) is 0 Å². The Bertz CT molecular complexity index is 246. The van der Waals surface area contributed by atoms with Gasteiger partial charge in [0.15, 0.2) is 0 Å². The molecule has 5 heteroatoms. The maximum atomic E-state index is 10.1. The van der Waals surface area contributed by atoms with E-state index in [1.807, 2.05) is 0 Å². The Balaban J connectivity index is 3.01. The predicted octanol–water partition coefficient (Wildman–Crippen LogP) is 0.328. The first-order valence-corrected chi connectivity index (χ1v) is 2.20. The van der Waals surface area contributed by atoms with Crippen LogP contribution < -0.4 is 0 Å². The van der Waals surface area contributed by atoms with Gasteiger partial charge in [0.05, 0.1) is 8.39 Å². The largest absolute Gasteiger partial charge is 0.434 e.